The van der Waals surface area contributed by atoms with Crippen molar-refractivity contribution < 1.29 is 17.0 Å². The van der Waals surface area contributed by atoms with Crippen LogP contribution in [-0.4, -0.2) is 4.57 Å². The zero-order valence-corrected chi connectivity index (χ0v) is 9.30. The van der Waals surface area contributed by atoms with Gasteiger partial charge in [0.25, 0.3) is 0 Å². The lowest BCUT2D eigenvalue weighted by Gasteiger charge is -1.95. The number of halogens is 1. The summed E-state index contributed by atoms with van der Waals surface area (Å²) in [5.74, 6) is 0. The number of unbranched alkanes of at least 4 members (excludes halogenated alkanes) is 3. The fraction of sp³-hybridized carbons (Fsp3) is 0.700. The molecule has 1 heterocycles. The molecular weight excluding hydrogens is 184 g/mol. The molecule has 0 atom stereocenters. The van der Waals surface area contributed by atoms with E-state index in [0.29, 0.717) is 0 Å². The summed E-state index contributed by atoms with van der Waals surface area (Å²) in [6.45, 7) is 3.41. The van der Waals surface area contributed by atoms with E-state index < -0.39 is 0 Å². The highest BCUT2D eigenvalue weighted by Crippen LogP contribution is 2.00. The number of aryl methyl sites for hydroxylation is 2. The lowest BCUT2D eigenvalue weighted by atomic mass is 10.2. The van der Waals surface area contributed by atoms with Gasteiger partial charge in [0.1, 0.15) is 12.4 Å². The Morgan fingerprint density at radius 3 is 2.54 bits per heavy atom. The molecule has 76 valence electrons. The summed E-state index contributed by atoms with van der Waals surface area (Å²) in [6.07, 6.45) is 11.7. The van der Waals surface area contributed by atoms with Crippen LogP contribution in [0.4, 0.5) is 0 Å². The first-order valence-electron chi connectivity index (χ1n) is 4.84. The van der Waals surface area contributed by atoms with Crippen LogP contribution < -0.4 is 17.0 Å². The third kappa shape index (κ3) is 4.94. The zero-order valence-electron chi connectivity index (χ0n) is 8.54. The Balaban J connectivity index is 0.00000144. The first kappa shape index (κ1) is 12.5. The normalized spacial score (nSPS) is 9.69. The summed E-state index contributed by atoms with van der Waals surface area (Å²) in [7, 11) is 2.06. The molecule has 0 saturated heterocycles. The molecule has 0 aliphatic carbocycles. The van der Waals surface area contributed by atoms with Gasteiger partial charge in [-0.15, -0.1) is 0 Å². The van der Waals surface area contributed by atoms with Crippen molar-refractivity contribution in [2.75, 3.05) is 0 Å². The smallest absolute Gasteiger partial charge is 0.243 e. The predicted molar refractivity (Wildman–Crippen MR) is 49.8 cm³/mol. The summed E-state index contributed by atoms with van der Waals surface area (Å²) in [5.41, 5.74) is 0. The zero-order chi connectivity index (χ0) is 8.81. The first-order chi connectivity index (χ1) is 5.83. The van der Waals surface area contributed by atoms with Crippen LogP contribution in [-0.2, 0) is 13.6 Å². The second-order valence-electron chi connectivity index (χ2n) is 3.38. The van der Waals surface area contributed by atoms with Crippen molar-refractivity contribution in [1.29, 1.82) is 0 Å². The van der Waals surface area contributed by atoms with Gasteiger partial charge in [-0.2, -0.15) is 0 Å². The topological polar surface area (TPSA) is 8.81 Å². The monoisotopic (exact) mass is 202 g/mol. The molecule has 3 heteroatoms. The van der Waals surface area contributed by atoms with Gasteiger partial charge in [-0.1, -0.05) is 19.8 Å². The molecular formula is C10H19ClN2. The molecule has 13 heavy (non-hydrogen) atoms. The van der Waals surface area contributed by atoms with E-state index in [-0.39, 0.29) is 12.4 Å². The maximum Gasteiger partial charge on any atom is 0.243 e. The standard InChI is InChI=1S/C10H19N2.ClH/c1-3-4-5-6-7-12-9-8-11(2)10-12;/h8-10H,3-7H2,1-2H3;1H/q+1;/p-1. The second-order valence-corrected chi connectivity index (χ2v) is 3.38. The lowest BCUT2D eigenvalue weighted by Crippen LogP contribution is -3.00. The molecule has 1 aromatic heterocycles. The second kappa shape index (κ2) is 6.96. The van der Waals surface area contributed by atoms with Crippen molar-refractivity contribution in [3.05, 3.63) is 18.7 Å². The van der Waals surface area contributed by atoms with Crippen molar-refractivity contribution in [1.82, 2.24) is 4.57 Å². The summed E-state index contributed by atoms with van der Waals surface area (Å²) >= 11 is 0. The van der Waals surface area contributed by atoms with Crippen LogP contribution in [0.1, 0.15) is 32.6 Å². The van der Waals surface area contributed by atoms with Crippen LogP contribution in [0.2, 0.25) is 0 Å². The molecule has 2 nitrogen and oxygen atoms in total. The summed E-state index contributed by atoms with van der Waals surface area (Å²) in [4.78, 5) is 0. The number of aromatic nitrogens is 2. The highest BCUT2D eigenvalue weighted by Gasteiger charge is 1.97. The third-order valence-electron chi connectivity index (χ3n) is 2.09. The van der Waals surface area contributed by atoms with E-state index in [1.165, 1.54) is 32.2 Å². The molecule has 1 aromatic rings. The summed E-state index contributed by atoms with van der Waals surface area (Å²) in [5, 5.41) is 0. The van der Waals surface area contributed by atoms with Crippen LogP contribution in [0.25, 0.3) is 0 Å². The molecule has 0 unspecified atom stereocenters. The lowest BCUT2D eigenvalue weighted by molar-refractivity contribution is -0.671. The average Bonchev–Trinajstić information content (AvgIpc) is 2.45. The van der Waals surface area contributed by atoms with Gasteiger partial charge in [-0.3, -0.25) is 0 Å². The van der Waals surface area contributed by atoms with Crippen LogP contribution in [0, 0.1) is 0 Å². The molecule has 0 aromatic carbocycles. The van der Waals surface area contributed by atoms with Gasteiger partial charge in [-0.25, -0.2) is 9.13 Å². The molecule has 0 aliphatic rings. The van der Waals surface area contributed by atoms with Crippen LogP contribution >= 0.6 is 0 Å². The van der Waals surface area contributed by atoms with Gasteiger partial charge >= 0.3 is 0 Å². The van der Waals surface area contributed by atoms with Crippen LogP contribution in [0.5, 0.6) is 0 Å². The molecule has 0 saturated carbocycles. The van der Waals surface area contributed by atoms with E-state index in [0.717, 1.165) is 0 Å². The first-order valence-corrected chi connectivity index (χ1v) is 4.84. The molecule has 0 bridgehead atoms. The van der Waals surface area contributed by atoms with Crippen LogP contribution in [0.15, 0.2) is 18.7 Å². The minimum absolute atomic E-state index is 0. The molecule has 0 fully saturated rings. The Hall–Kier alpha value is -0.500. The maximum atomic E-state index is 2.25. The number of imidazole rings is 1. The van der Waals surface area contributed by atoms with Gasteiger partial charge in [0.15, 0.2) is 0 Å². The van der Waals surface area contributed by atoms with Gasteiger partial charge in [0.05, 0.1) is 13.6 Å². The van der Waals surface area contributed by atoms with Crippen molar-refractivity contribution in [2.24, 2.45) is 7.05 Å². The predicted octanol–water partition coefficient (Wildman–Crippen LogP) is -1.10. The molecule has 0 N–H and O–H groups in total. The number of hydrogen-bond acceptors (Lipinski definition) is 0. The average molecular weight is 203 g/mol. The van der Waals surface area contributed by atoms with Gasteiger partial charge in [0.2, 0.25) is 6.33 Å². The van der Waals surface area contributed by atoms with Gasteiger partial charge in [0, 0.05) is 0 Å². The quantitative estimate of drug-likeness (QED) is 0.424. The van der Waals surface area contributed by atoms with E-state index in [4.69, 9.17) is 0 Å². The van der Waals surface area contributed by atoms with E-state index >= 15 is 0 Å². The van der Waals surface area contributed by atoms with Crippen molar-refractivity contribution in [3.63, 3.8) is 0 Å². The minimum atomic E-state index is 0. The summed E-state index contributed by atoms with van der Waals surface area (Å²) < 4.78 is 4.33. The fourth-order valence-corrected chi connectivity index (χ4v) is 1.36. The van der Waals surface area contributed by atoms with Gasteiger partial charge in [-0.05, 0) is 12.8 Å². The van der Waals surface area contributed by atoms with Crippen molar-refractivity contribution >= 4 is 0 Å². The van der Waals surface area contributed by atoms with E-state index in [1.54, 1.807) is 0 Å². The van der Waals surface area contributed by atoms with Crippen LogP contribution in [0.3, 0.4) is 0 Å². The van der Waals surface area contributed by atoms with E-state index in [1.807, 2.05) is 0 Å². The molecule has 0 aliphatic heterocycles. The van der Waals surface area contributed by atoms with Gasteiger partial charge < -0.3 is 12.4 Å². The summed E-state index contributed by atoms with van der Waals surface area (Å²) in [6, 6.07) is 0. The number of nitrogens with zero attached hydrogens (tertiary/aromatic N) is 2. The Labute approximate surface area is 87.0 Å². The third-order valence-corrected chi connectivity index (χ3v) is 2.09. The van der Waals surface area contributed by atoms with E-state index in [2.05, 4.69) is 41.8 Å². The maximum absolute atomic E-state index is 2.25. The molecule has 0 spiro atoms. The molecule has 0 amide bonds. The molecule has 1 rings (SSSR count). The highest BCUT2D eigenvalue weighted by atomic mass is 35.5. The number of hydrogen-bond donors (Lipinski definition) is 0. The van der Waals surface area contributed by atoms with Crippen molar-refractivity contribution in [3.8, 4) is 0 Å². The Kier molecular flexibility index (Phi) is 6.69. The van der Waals surface area contributed by atoms with Crippen molar-refractivity contribution in [2.45, 2.75) is 39.2 Å². The minimum Gasteiger partial charge on any atom is -1.00 e. The Morgan fingerprint density at radius 1 is 1.23 bits per heavy atom. The molecule has 0 radical (unpaired) electrons. The largest absolute Gasteiger partial charge is 1.00 e. The van der Waals surface area contributed by atoms with E-state index in [9.17, 15) is 0 Å². The number of rotatable bonds is 5. The SMILES string of the molecule is CCCCCCn1cc[n+](C)c1.[Cl-]. The Morgan fingerprint density at radius 2 is 2.00 bits per heavy atom. The highest BCUT2D eigenvalue weighted by molar-refractivity contribution is 4.65. The fourth-order valence-electron chi connectivity index (χ4n) is 1.36. The Bertz CT molecular complexity index is 220.